The molecule has 0 aliphatic carbocycles. The fourth-order valence-electron chi connectivity index (χ4n) is 2.63. The molecule has 7 heteroatoms. The Bertz CT molecular complexity index is 570. The van der Waals surface area contributed by atoms with Crippen molar-refractivity contribution in [2.24, 2.45) is 5.92 Å². The molecular formula is C16H18F3N3O. The van der Waals surface area contributed by atoms with Crippen molar-refractivity contribution in [1.29, 1.82) is 5.26 Å². The molecular weight excluding hydrogens is 307 g/mol. The lowest BCUT2D eigenvalue weighted by atomic mass is 9.95. The number of carbonyl (C=O) groups excluding carboxylic acids is 1. The molecule has 124 valence electrons. The number of likely N-dealkylation sites (tertiary alicyclic amines) is 1. The normalized spacial score (nSPS) is 16.8. The fourth-order valence-corrected chi connectivity index (χ4v) is 2.63. The minimum absolute atomic E-state index is 0.352. The Kier molecular flexibility index (Phi) is 5.61. The summed E-state index contributed by atoms with van der Waals surface area (Å²) in [6, 6.07) is 9.35. The second-order valence-electron chi connectivity index (χ2n) is 5.69. The maximum Gasteiger partial charge on any atom is 0.405 e. The van der Waals surface area contributed by atoms with Crippen LogP contribution in [0, 0.1) is 17.2 Å². The molecule has 1 aliphatic heterocycles. The number of rotatable bonds is 4. The Balaban J connectivity index is 1.77. The summed E-state index contributed by atoms with van der Waals surface area (Å²) in [5.41, 5.74) is 1.68. The monoisotopic (exact) mass is 325 g/mol. The molecule has 0 unspecified atom stereocenters. The summed E-state index contributed by atoms with van der Waals surface area (Å²) < 4.78 is 36.3. The third-order valence-corrected chi connectivity index (χ3v) is 3.91. The number of hydrogen-bond donors (Lipinski definition) is 1. The summed E-state index contributed by atoms with van der Waals surface area (Å²) in [5, 5.41) is 10.7. The first-order chi connectivity index (χ1) is 10.9. The van der Waals surface area contributed by atoms with Crippen LogP contribution in [-0.4, -0.2) is 36.6 Å². The van der Waals surface area contributed by atoms with E-state index in [0.717, 1.165) is 5.56 Å². The van der Waals surface area contributed by atoms with Crippen LogP contribution in [0.1, 0.15) is 24.0 Å². The molecule has 0 bridgehead atoms. The van der Waals surface area contributed by atoms with Crippen LogP contribution in [0.3, 0.4) is 0 Å². The number of nitriles is 1. The van der Waals surface area contributed by atoms with Crippen LogP contribution in [0.15, 0.2) is 24.3 Å². The van der Waals surface area contributed by atoms with Gasteiger partial charge in [0.05, 0.1) is 11.6 Å². The SMILES string of the molecule is N#Cc1ccc(CN2CCC(C(=O)NCC(F)(F)F)CC2)cc1. The van der Waals surface area contributed by atoms with E-state index >= 15 is 0 Å². The van der Waals surface area contributed by atoms with Gasteiger partial charge < -0.3 is 5.32 Å². The van der Waals surface area contributed by atoms with E-state index in [1.165, 1.54) is 0 Å². The van der Waals surface area contributed by atoms with Gasteiger partial charge in [-0.1, -0.05) is 12.1 Å². The first-order valence-corrected chi connectivity index (χ1v) is 7.43. The number of amides is 1. The molecule has 1 aromatic rings. The molecule has 0 saturated carbocycles. The molecule has 1 aromatic carbocycles. The predicted molar refractivity (Wildman–Crippen MR) is 78.2 cm³/mol. The van der Waals surface area contributed by atoms with Crippen molar-refractivity contribution in [1.82, 2.24) is 10.2 Å². The number of carbonyl (C=O) groups is 1. The Morgan fingerprint density at radius 1 is 1.26 bits per heavy atom. The molecule has 1 amide bonds. The second kappa shape index (κ2) is 7.47. The van der Waals surface area contributed by atoms with Gasteiger partial charge in [0.25, 0.3) is 0 Å². The van der Waals surface area contributed by atoms with Gasteiger partial charge in [-0.2, -0.15) is 18.4 Å². The summed E-state index contributed by atoms with van der Waals surface area (Å²) in [5.74, 6) is -0.866. The van der Waals surface area contributed by atoms with Gasteiger partial charge in [0, 0.05) is 12.5 Å². The quantitative estimate of drug-likeness (QED) is 0.925. The van der Waals surface area contributed by atoms with Crippen molar-refractivity contribution in [3.8, 4) is 6.07 Å². The van der Waals surface area contributed by atoms with Gasteiger partial charge in [-0.3, -0.25) is 9.69 Å². The molecule has 1 heterocycles. The van der Waals surface area contributed by atoms with E-state index in [2.05, 4.69) is 11.0 Å². The summed E-state index contributed by atoms with van der Waals surface area (Å²) >= 11 is 0. The van der Waals surface area contributed by atoms with Crippen LogP contribution in [0.4, 0.5) is 13.2 Å². The van der Waals surface area contributed by atoms with Crippen molar-refractivity contribution in [3.05, 3.63) is 35.4 Å². The third kappa shape index (κ3) is 5.57. The van der Waals surface area contributed by atoms with Gasteiger partial charge in [-0.25, -0.2) is 0 Å². The Hall–Kier alpha value is -2.07. The van der Waals surface area contributed by atoms with E-state index in [4.69, 9.17) is 5.26 Å². The van der Waals surface area contributed by atoms with E-state index in [0.29, 0.717) is 38.0 Å². The zero-order chi connectivity index (χ0) is 16.9. The number of benzene rings is 1. The molecule has 1 fully saturated rings. The number of nitrogens with zero attached hydrogens (tertiary/aromatic N) is 2. The lowest BCUT2D eigenvalue weighted by Crippen LogP contribution is -2.42. The van der Waals surface area contributed by atoms with E-state index in [1.807, 2.05) is 17.4 Å². The molecule has 0 spiro atoms. The van der Waals surface area contributed by atoms with Crippen molar-refractivity contribution in [2.75, 3.05) is 19.6 Å². The van der Waals surface area contributed by atoms with Gasteiger partial charge in [-0.15, -0.1) is 0 Å². The molecule has 2 rings (SSSR count). The van der Waals surface area contributed by atoms with Crippen molar-refractivity contribution < 1.29 is 18.0 Å². The summed E-state index contributed by atoms with van der Waals surface area (Å²) in [6.07, 6.45) is -3.26. The number of halogens is 3. The van der Waals surface area contributed by atoms with Gasteiger partial charge in [0.15, 0.2) is 0 Å². The number of hydrogen-bond acceptors (Lipinski definition) is 3. The molecule has 1 aliphatic rings. The highest BCUT2D eigenvalue weighted by Crippen LogP contribution is 2.20. The summed E-state index contributed by atoms with van der Waals surface area (Å²) in [4.78, 5) is 13.9. The van der Waals surface area contributed by atoms with E-state index in [-0.39, 0.29) is 5.92 Å². The smallest absolute Gasteiger partial charge is 0.347 e. The van der Waals surface area contributed by atoms with Crippen molar-refractivity contribution >= 4 is 5.91 Å². The summed E-state index contributed by atoms with van der Waals surface area (Å²) in [6.45, 7) is 0.786. The highest BCUT2D eigenvalue weighted by atomic mass is 19.4. The average molecular weight is 325 g/mol. The molecule has 0 radical (unpaired) electrons. The lowest BCUT2D eigenvalue weighted by molar-refractivity contribution is -0.141. The van der Waals surface area contributed by atoms with Crippen LogP contribution in [0.5, 0.6) is 0 Å². The molecule has 23 heavy (non-hydrogen) atoms. The molecule has 1 N–H and O–H groups in total. The summed E-state index contributed by atoms with van der Waals surface area (Å²) in [7, 11) is 0. The van der Waals surface area contributed by atoms with E-state index in [9.17, 15) is 18.0 Å². The van der Waals surface area contributed by atoms with Crippen LogP contribution in [0.2, 0.25) is 0 Å². The van der Waals surface area contributed by atoms with Crippen molar-refractivity contribution in [3.63, 3.8) is 0 Å². The predicted octanol–water partition coefficient (Wildman–Crippen LogP) is 2.45. The molecule has 4 nitrogen and oxygen atoms in total. The standard InChI is InChI=1S/C16H18F3N3O/c17-16(18,19)11-21-15(23)14-5-7-22(8-6-14)10-13-3-1-12(9-20)2-4-13/h1-4,14H,5-8,10-11H2,(H,21,23). The zero-order valence-electron chi connectivity index (χ0n) is 12.6. The second-order valence-corrected chi connectivity index (χ2v) is 5.69. The Morgan fingerprint density at radius 3 is 2.39 bits per heavy atom. The first-order valence-electron chi connectivity index (χ1n) is 7.43. The largest absolute Gasteiger partial charge is 0.405 e. The van der Waals surface area contributed by atoms with E-state index in [1.54, 1.807) is 12.1 Å². The molecule has 0 aromatic heterocycles. The van der Waals surface area contributed by atoms with Gasteiger partial charge in [0.2, 0.25) is 5.91 Å². The molecule has 0 atom stereocenters. The minimum atomic E-state index is -4.37. The van der Waals surface area contributed by atoms with Gasteiger partial charge >= 0.3 is 6.18 Å². The third-order valence-electron chi connectivity index (χ3n) is 3.91. The van der Waals surface area contributed by atoms with Crippen LogP contribution >= 0.6 is 0 Å². The molecule has 1 saturated heterocycles. The minimum Gasteiger partial charge on any atom is -0.347 e. The fraction of sp³-hybridized carbons (Fsp3) is 0.500. The zero-order valence-corrected chi connectivity index (χ0v) is 12.6. The van der Waals surface area contributed by atoms with Crippen LogP contribution < -0.4 is 5.32 Å². The Labute approximate surface area is 132 Å². The van der Waals surface area contributed by atoms with Gasteiger partial charge in [0.1, 0.15) is 6.54 Å². The van der Waals surface area contributed by atoms with Crippen LogP contribution in [-0.2, 0) is 11.3 Å². The topological polar surface area (TPSA) is 56.1 Å². The maximum atomic E-state index is 12.1. The number of alkyl halides is 3. The Morgan fingerprint density at radius 2 is 1.87 bits per heavy atom. The first kappa shape index (κ1) is 17.3. The average Bonchev–Trinajstić information content (AvgIpc) is 2.53. The van der Waals surface area contributed by atoms with Crippen LogP contribution in [0.25, 0.3) is 0 Å². The lowest BCUT2D eigenvalue weighted by Gasteiger charge is -2.31. The number of piperidine rings is 1. The number of nitrogens with one attached hydrogen (secondary N) is 1. The van der Waals surface area contributed by atoms with E-state index < -0.39 is 18.6 Å². The van der Waals surface area contributed by atoms with Gasteiger partial charge in [-0.05, 0) is 43.6 Å². The highest BCUT2D eigenvalue weighted by molar-refractivity contribution is 5.78. The van der Waals surface area contributed by atoms with Crippen molar-refractivity contribution in [2.45, 2.75) is 25.6 Å². The highest BCUT2D eigenvalue weighted by Gasteiger charge is 2.30. The maximum absolute atomic E-state index is 12.1.